The van der Waals surface area contributed by atoms with Crippen molar-refractivity contribution >= 4 is 40.9 Å². The smallest absolute Gasteiger partial charge is 0.408 e. The van der Waals surface area contributed by atoms with Gasteiger partial charge in [-0.1, -0.05) is 6.07 Å². The number of hydrogen-bond donors (Lipinski definition) is 7. The normalized spacial score (nSPS) is 25.5. The summed E-state index contributed by atoms with van der Waals surface area (Å²) < 4.78 is 5.07. The number of benzene rings is 1. The number of phenolic OH excluding ortho intramolecular Hbond substituents is 1. The number of rotatable bonds is 5. The molecule has 14 heteroatoms. The predicted octanol–water partition coefficient (Wildman–Crippen LogP) is 0.427. The van der Waals surface area contributed by atoms with Gasteiger partial charge in [0.2, 0.25) is 11.7 Å². The maximum Gasteiger partial charge on any atom is 0.408 e. The predicted molar refractivity (Wildman–Crippen MR) is 147 cm³/mol. The number of nitrogens with zero attached hydrogens (tertiary/aromatic N) is 1. The summed E-state index contributed by atoms with van der Waals surface area (Å²) in [7, 11) is 3.04. The van der Waals surface area contributed by atoms with Crippen molar-refractivity contribution in [1.82, 2.24) is 10.2 Å². The molecule has 226 valence electrons. The standard InChI is InChI=1S/C28H34N4O10/c1-27(2,3)42-26(40)30-10-15(33)31-14-7-6-11-8-12-9-13-19(32(4)5)22(36)18(25(29)39)24(38)28(13,41)23(37)17(12)21(35)16(11)20(14)34/h6-7,12-13,19,34-35,38,41H,8-10H2,1-5H3,(H2,29,39)(H,30,40)(H,31,33)/t12?,13?,19-,28-/m0/s1. The number of ether oxygens (including phenoxy) is 1. The molecule has 14 nitrogen and oxygen atoms in total. The number of ketones is 2. The zero-order valence-corrected chi connectivity index (χ0v) is 23.8. The van der Waals surface area contributed by atoms with Gasteiger partial charge in [-0.3, -0.25) is 24.1 Å². The minimum absolute atomic E-state index is 0.0403. The van der Waals surface area contributed by atoms with Crippen LogP contribution in [0.3, 0.4) is 0 Å². The summed E-state index contributed by atoms with van der Waals surface area (Å²) in [6.45, 7) is 4.47. The van der Waals surface area contributed by atoms with E-state index in [0.29, 0.717) is 5.56 Å². The molecule has 1 aromatic carbocycles. The number of likely N-dealkylation sites (N-methyl/N-ethyl adjacent to an activating group) is 1. The number of primary amides is 1. The number of anilines is 1. The van der Waals surface area contributed by atoms with Crippen LogP contribution in [-0.4, -0.2) is 92.7 Å². The third-order valence-corrected chi connectivity index (χ3v) is 7.66. The van der Waals surface area contributed by atoms with Crippen LogP contribution in [0.15, 0.2) is 29.0 Å². The number of aliphatic hydroxyl groups is 3. The van der Waals surface area contributed by atoms with Crippen molar-refractivity contribution in [2.75, 3.05) is 26.0 Å². The lowest BCUT2D eigenvalue weighted by molar-refractivity contribution is -0.153. The second-order valence-corrected chi connectivity index (χ2v) is 11.9. The van der Waals surface area contributed by atoms with Gasteiger partial charge in [0.1, 0.15) is 35.0 Å². The highest BCUT2D eigenvalue weighted by atomic mass is 16.6. The first-order valence-corrected chi connectivity index (χ1v) is 13.2. The lowest BCUT2D eigenvalue weighted by Gasteiger charge is -2.50. The minimum Gasteiger partial charge on any atom is -0.508 e. The Morgan fingerprint density at radius 3 is 2.36 bits per heavy atom. The molecule has 8 N–H and O–H groups in total. The van der Waals surface area contributed by atoms with Crippen molar-refractivity contribution in [2.24, 2.45) is 17.6 Å². The van der Waals surface area contributed by atoms with E-state index in [0.717, 1.165) is 0 Å². The molecule has 42 heavy (non-hydrogen) atoms. The second-order valence-electron chi connectivity index (χ2n) is 11.9. The van der Waals surface area contributed by atoms with Crippen molar-refractivity contribution in [1.29, 1.82) is 0 Å². The average molecular weight is 587 g/mol. The van der Waals surface area contributed by atoms with Crippen LogP contribution < -0.4 is 16.4 Å². The quantitative estimate of drug-likeness (QED) is 0.185. The monoisotopic (exact) mass is 586 g/mol. The van der Waals surface area contributed by atoms with Crippen LogP contribution in [0.2, 0.25) is 0 Å². The minimum atomic E-state index is -2.75. The zero-order valence-electron chi connectivity index (χ0n) is 23.8. The molecule has 0 bridgehead atoms. The Labute approximate surface area is 240 Å². The molecule has 0 spiro atoms. The molecule has 0 heterocycles. The summed E-state index contributed by atoms with van der Waals surface area (Å²) >= 11 is 0. The first-order chi connectivity index (χ1) is 19.4. The van der Waals surface area contributed by atoms with Gasteiger partial charge in [-0.2, -0.15) is 0 Å². The molecule has 1 saturated carbocycles. The third kappa shape index (κ3) is 4.96. The van der Waals surface area contributed by atoms with E-state index >= 15 is 0 Å². The zero-order chi connectivity index (χ0) is 31.5. The first-order valence-electron chi connectivity index (χ1n) is 13.2. The highest BCUT2D eigenvalue weighted by molar-refractivity contribution is 6.24. The number of nitrogens with two attached hydrogens (primary N) is 1. The Morgan fingerprint density at radius 1 is 1.14 bits per heavy atom. The van der Waals surface area contributed by atoms with Gasteiger partial charge in [-0.15, -0.1) is 0 Å². The molecular weight excluding hydrogens is 552 g/mol. The van der Waals surface area contributed by atoms with Gasteiger partial charge in [-0.05, 0) is 65.3 Å². The molecule has 4 atom stereocenters. The molecule has 2 unspecified atom stereocenters. The number of nitrogens with one attached hydrogen (secondary N) is 2. The molecular formula is C28H34N4O10. The number of fused-ring (bicyclic) bond motifs is 3. The molecule has 1 aromatic rings. The Hall–Kier alpha value is -4.43. The molecule has 0 aromatic heterocycles. The Morgan fingerprint density at radius 2 is 1.79 bits per heavy atom. The molecule has 4 rings (SSSR count). The van der Waals surface area contributed by atoms with E-state index in [1.807, 2.05) is 0 Å². The number of carbonyl (C=O) groups is 5. The van der Waals surface area contributed by atoms with Crippen molar-refractivity contribution < 1.29 is 49.1 Å². The van der Waals surface area contributed by atoms with Crippen LogP contribution >= 0.6 is 0 Å². The molecule has 0 aliphatic heterocycles. The van der Waals surface area contributed by atoms with Crippen molar-refractivity contribution in [3.63, 3.8) is 0 Å². The number of hydrogen-bond acceptors (Lipinski definition) is 11. The van der Waals surface area contributed by atoms with Gasteiger partial charge in [0.25, 0.3) is 5.91 Å². The fraction of sp³-hybridized carbons (Fsp3) is 0.464. The molecule has 3 amide bonds. The fourth-order valence-corrected chi connectivity index (χ4v) is 5.98. The van der Waals surface area contributed by atoms with Crippen molar-refractivity contribution in [3.8, 4) is 5.75 Å². The molecule has 1 fully saturated rings. The highest BCUT2D eigenvalue weighted by Gasteiger charge is 2.64. The molecule has 3 aliphatic carbocycles. The van der Waals surface area contributed by atoms with Gasteiger partial charge in [0.05, 0.1) is 17.3 Å². The Bertz CT molecular complexity index is 1470. The SMILES string of the molecule is CN(C)[C@@H]1C(=O)C(C(N)=O)=C(O)[C@@]2(O)C(=O)C3=C(O)c4c(ccc(NC(=O)CNC(=O)OC(C)(C)C)c4O)CC3CC12. The number of alkyl carbamates (subject to hydrolysis) is 1. The van der Waals surface area contributed by atoms with Crippen LogP contribution in [-0.2, 0) is 30.3 Å². The van der Waals surface area contributed by atoms with Gasteiger partial charge in [0, 0.05) is 11.5 Å². The number of Topliss-reactive ketones (excluding diaryl/α,β-unsaturated/α-hetero) is 2. The maximum absolute atomic E-state index is 13.9. The van der Waals surface area contributed by atoms with E-state index < -0.39 is 87.9 Å². The van der Waals surface area contributed by atoms with Crippen LogP contribution in [0, 0.1) is 11.8 Å². The number of phenols is 1. The topological polar surface area (TPSA) is 229 Å². The van der Waals surface area contributed by atoms with Crippen molar-refractivity contribution in [2.45, 2.75) is 50.9 Å². The Balaban J connectivity index is 1.70. The van der Waals surface area contributed by atoms with Crippen molar-refractivity contribution in [3.05, 3.63) is 40.2 Å². The highest BCUT2D eigenvalue weighted by Crippen LogP contribution is 2.53. The van der Waals surface area contributed by atoms with E-state index in [4.69, 9.17) is 10.5 Å². The van der Waals surface area contributed by atoms with Gasteiger partial charge in [-0.25, -0.2) is 4.79 Å². The van der Waals surface area contributed by atoms with E-state index in [-0.39, 0.29) is 29.7 Å². The van der Waals surface area contributed by atoms with Crippen LogP contribution in [0.25, 0.3) is 5.76 Å². The van der Waals surface area contributed by atoms with Crippen LogP contribution in [0.4, 0.5) is 10.5 Å². The van der Waals surface area contributed by atoms with Gasteiger partial charge >= 0.3 is 6.09 Å². The first kappa shape index (κ1) is 30.5. The molecule has 3 aliphatic rings. The second kappa shape index (κ2) is 10.4. The summed E-state index contributed by atoms with van der Waals surface area (Å²) in [6.07, 6.45) is -0.761. The lowest BCUT2D eigenvalue weighted by Crippen LogP contribution is -2.65. The summed E-state index contributed by atoms with van der Waals surface area (Å²) in [6, 6.07) is 1.74. The maximum atomic E-state index is 13.9. The fourth-order valence-electron chi connectivity index (χ4n) is 5.98. The summed E-state index contributed by atoms with van der Waals surface area (Å²) in [5, 5.41) is 49.5. The third-order valence-electron chi connectivity index (χ3n) is 7.66. The summed E-state index contributed by atoms with van der Waals surface area (Å²) in [5.74, 6) is -8.36. The summed E-state index contributed by atoms with van der Waals surface area (Å²) in [5.41, 5.74) is 0.690. The van der Waals surface area contributed by atoms with E-state index in [1.165, 1.54) is 31.1 Å². The lowest BCUT2D eigenvalue weighted by atomic mass is 9.57. The Kier molecular flexibility index (Phi) is 7.59. The van der Waals surface area contributed by atoms with E-state index in [1.54, 1.807) is 20.8 Å². The number of amides is 3. The van der Waals surface area contributed by atoms with E-state index in [2.05, 4.69) is 10.6 Å². The van der Waals surface area contributed by atoms with Crippen LogP contribution in [0.5, 0.6) is 5.75 Å². The molecule has 0 saturated heterocycles. The van der Waals surface area contributed by atoms with Gasteiger partial charge in [0.15, 0.2) is 11.4 Å². The molecule has 0 radical (unpaired) electrons. The number of carbonyl (C=O) groups excluding carboxylic acids is 5. The van der Waals surface area contributed by atoms with Crippen LogP contribution in [0.1, 0.15) is 38.3 Å². The average Bonchev–Trinajstić information content (AvgIpc) is 2.85. The summed E-state index contributed by atoms with van der Waals surface area (Å²) in [4.78, 5) is 64.8. The number of aliphatic hydroxyl groups excluding tert-OH is 2. The van der Waals surface area contributed by atoms with E-state index in [9.17, 15) is 44.4 Å². The largest absolute Gasteiger partial charge is 0.508 e. The number of aromatic hydroxyl groups is 1. The van der Waals surface area contributed by atoms with Gasteiger partial charge < -0.3 is 41.5 Å².